The van der Waals surface area contributed by atoms with E-state index in [0.717, 1.165) is 19.3 Å². The van der Waals surface area contributed by atoms with E-state index in [1.165, 1.54) is 18.2 Å². The molecule has 0 spiro atoms. The van der Waals surface area contributed by atoms with Gasteiger partial charge in [0.2, 0.25) is 17.6 Å². The predicted octanol–water partition coefficient (Wildman–Crippen LogP) is 3.80. The number of nitrogens with zero attached hydrogens (tertiary/aromatic N) is 4. The van der Waals surface area contributed by atoms with Crippen LogP contribution >= 0.6 is 0 Å². The van der Waals surface area contributed by atoms with Gasteiger partial charge in [0.05, 0.1) is 17.4 Å². The molecule has 0 aliphatic carbocycles. The van der Waals surface area contributed by atoms with Crippen LogP contribution in [0.25, 0.3) is 10.9 Å². The van der Waals surface area contributed by atoms with E-state index < -0.39 is 23.4 Å². The van der Waals surface area contributed by atoms with Gasteiger partial charge in [-0.1, -0.05) is 0 Å². The lowest BCUT2D eigenvalue weighted by atomic mass is 10.1. The van der Waals surface area contributed by atoms with E-state index in [9.17, 15) is 14.0 Å². The second-order valence-corrected chi connectivity index (χ2v) is 9.15. The van der Waals surface area contributed by atoms with Crippen molar-refractivity contribution in [2.24, 2.45) is 0 Å². The van der Waals surface area contributed by atoms with Crippen molar-refractivity contribution < 1.29 is 28.2 Å². The van der Waals surface area contributed by atoms with Crippen molar-refractivity contribution in [1.82, 2.24) is 25.3 Å². The summed E-state index contributed by atoms with van der Waals surface area (Å²) in [6.45, 7) is 6.29. The number of carbonyl (C=O) groups excluding carboxylic acids is 2. The first-order chi connectivity index (χ1) is 16.7. The first-order valence-electron chi connectivity index (χ1n) is 11.5. The zero-order valence-corrected chi connectivity index (χ0v) is 19.9. The quantitative estimate of drug-likeness (QED) is 0.397. The molecule has 1 amide bonds. The van der Waals surface area contributed by atoms with E-state index in [2.05, 4.69) is 20.6 Å². The van der Waals surface area contributed by atoms with E-state index in [1.807, 2.05) is 0 Å². The Hall–Kier alpha value is -3.60. The Morgan fingerprint density at radius 2 is 2.03 bits per heavy atom. The van der Waals surface area contributed by atoms with Gasteiger partial charge in [-0.25, -0.2) is 9.48 Å². The molecule has 4 rings (SSSR count). The summed E-state index contributed by atoms with van der Waals surface area (Å²) in [4.78, 5) is 24.5. The van der Waals surface area contributed by atoms with E-state index in [1.54, 1.807) is 37.6 Å². The molecule has 2 aromatic heterocycles. The van der Waals surface area contributed by atoms with Crippen LogP contribution in [0.15, 0.2) is 30.3 Å². The van der Waals surface area contributed by atoms with Gasteiger partial charge < -0.3 is 19.5 Å². The molecule has 1 aliphatic heterocycles. The molecule has 1 unspecified atom stereocenters. The van der Waals surface area contributed by atoms with Crippen LogP contribution in [0.4, 0.5) is 9.18 Å². The van der Waals surface area contributed by atoms with Crippen LogP contribution in [0.2, 0.25) is 0 Å². The third-order valence-electron chi connectivity index (χ3n) is 5.24. The molecule has 0 bridgehead atoms. The van der Waals surface area contributed by atoms with Crippen LogP contribution < -0.4 is 10.1 Å². The minimum Gasteiger partial charge on any atom is -0.475 e. The highest BCUT2D eigenvalue weighted by atomic mass is 19.1. The van der Waals surface area contributed by atoms with Crippen molar-refractivity contribution in [2.45, 2.75) is 51.9 Å². The summed E-state index contributed by atoms with van der Waals surface area (Å²) in [7, 11) is 0. The average molecular weight is 486 g/mol. The van der Waals surface area contributed by atoms with Gasteiger partial charge in [0, 0.05) is 18.2 Å². The van der Waals surface area contributed by atoms with E-state index in [0.29, 0.717) is 12.1 Å². The minimum atomic E-state index is -0.654. The normalized spacial score (nSPS) is 16.2. The van der Waals surface area contributed by atoms with Crippen molar-refractivity contribution in [3.63, 3.8) is 0 Å². The fraction of sp³-hybridized carbons (Fsp3) is 0.458. The summed E-state index contributed by atoms with van der Waals surface area (Å²) in [5, 5.41) is 14.6. The van der Waals surface area contributed by atoms with Gasteiger partial charge in [-0.15, -0.1) is 15.3 Å². The third kappa shape index (κ3) is 6.10. The van der Waals surface area contributed by atoms with Gasteiger partial charge in [0.25, 0.3) is 0 Å². The van der Waals surface area contributed by atoms with Crippen molar-refractivity contribution >= 4 is 22.8 Å². The molecule has 1 N–H and O–H groups in total. The average Bonchev–Trinajstić information content (AvgIpc) is 3.17. The summed E-state index contributed by atoms with van der Waals surface area (Å²) in [6.07, 6.45) is 1.87. The van der Waals surface area contributed by atoms with Crippen molar-refractivity contribution in [2.75, 3.05) is 19.8 Å². The number of hydrogen-bond acceptors (Lipinski definition) is 8. The Morgan fingerprint density at radius 1 is 1.20 bits per heavy atom. The number of hydrogen-bond donors (Lipinski definition) is 1. The van der Waals surface area contributed by atoms with Gasteiger partial charge in [-0.2, -0.15) is 4.39 Å². The maximum Gasteiger partial charge on any atom is 0.407 e. The molecule has 35 heavy (non-hydrogen) atoms. The fourth-order valence-corrected chi connectivity index (χ4v) is 3.67. The van der Waals surface area contributed by atoms with Crippen LogP contribution in [0, 0.1) is 5.95 Å². The lowest BCUT2D eigenvalue weighted by Crippen LogP contribution is -2.34. The smallest absolute Gasteiger partial charge is 0.407 e. The molecular formula is C24H28FN5O5. The zero-order valence-electron chi connectivity index (χ0n) is 19.9. The highest BCUT2D eigenvalue weighted by Gasteiger charge is 2.22. The van der Waals surface area contributed by atoms with E-state index in [-0.39, 0.29) is 41.9 Å². The number of nitrogens with one attached hydrogen (secondary N) is 1. The number of benzene rings is 1. The van der Waals surface area contributed by atoms with Gasteiger partial charge >= 0.3 is 6.09 Å². The van der Waals surface area contributed by atoms with Crippen molar-refractivity contribution in [3.05, 3.63) is 47.5 Å². The first kappa shape index (κ1) is 24.5. The van der Waals surface area contributed by atoms with Crippen LogP contribution in [-0.4, -0.2) is 57.2 Å². The highest BCUT2D eigenvalue weighted by Crippen LogP contribution is 2.28. The second kappa shape index (κ2) is 10.3. The monoisotopic (exact) mass is 485 g/mol. The summed E-state index contributed by atoms with van der Waals surface area (Å²) in [5.41, 5.74) is 0.345. The summed E-state index contributed by atoms with van der Waals surface area (Å²) in [6, 6.07) is 7.73. The van der Waals surface area contributed by atoms with Crippen LogP contribution in [0.1, 0.15) is 62.3 Å². The topological polar surface area (TPSA) is 117 Å². The molecular weight excluding hydrogens is 457 g/mol. The molecule has 3 aromatic rings. The molecule has 3 heterocycles. The molecule has 1 atom stereocenters. The van der Waals surface area contributed by atoms with E-state index >= 15 is 0 Å². The number of carbonyl (C=O) groups is 2. The Labute approximate surface area is 201 Å². The maximum atomic E-state index is 14.6. The SMILES string of the molecule is CC(C)(C)OC(=O)NCCOc1ccc(C(=O)c2ccc3c(c2)c(F)nn3C2CCCCO2)nn1. The minimum absolute atomic E-state index is 0.0898. The van der Waals surface area contributed by atoms with Crippen molar-refractivity contribution in [1.29, 1.82) is 0 Å². The number of ether oxygens (including phenoxy) is 3. The molecule has 0 radical (unpaired) electrons. The number of alkyl carbamates (subject to hydrolysis) is 1. The summed E-state index contributed by atoms with van der Waals surface area (Å²) in [5.74, 6) is -0.861. The van der Waals surface area contributed by atoms with Crippen LogP contribution in [0.3, 0.4) is 0 Å². The molecule has 1 fully saturated rings. The number of aromatic nitrogens is 4. The summed E-state index contributed by atoms with van der Waals surface area (Å²) < 4.78 is 32.4. The molecule has 10 nitrogen and oxygen atoms in total. The van der Waals surface area contributed by atoms with Crippen LogP contribution in [-0.2, 0) is 9.47 Å². The Morgan fingerprint density at radius 3 is 2.71 bits per heavy atom. The molecule has 1 aromatic carbocycles. The number of ketones is 1. The second-order valence-electron chi connectivity index (χ2n) is 9.15. The lowest BCUT2D eigenvalue weighted by Gasteiger charge is -2.23. The van der Waals surface area contributed by atoms with E-state index in [4.69, 9.17) is 14.2 Å². The first-order valence-corrected chi connectivity index (χ1v) is 11.5. The number of fused-ring (bicyclic) bond motifs is 1. The molecule has 1 saturated heterocycles. The number of rotatable bonds is 7. The van der Waals surface area contributed by atoms with Gasteiger partial charge in [-0.3, -0.25) is 4.79 Å². The predicted molar refractivity (Wildman–Crippen MR) is 124 cm³/mol. The zero-order chi connectivity index (χ0) is 25.0. The molecule has 11 heteroatoms. The number of amides is 1. The summed E-state index contributed by atoms with van der Waals surface area (Å²) >= 11 is 0. The van der Waals surface area contributed by atoms with Gasteiger partial charge in [0.15, 0.2) is 6.23 Å². The van der Waals surface area contributed by atoms with Gasteiger partial charge in [-0.05, 0) is 64.3 Å². The fourth-order valence-electron chi connectivity index (χ4n) is 3.67. The molecule has 1 aliphatic rings. The Bertz CT molecular complexity index is 1200. The Kier molecular flexibility index (Phi) is 7.25. The largest absolute Gasteiger partial charge is 0.475 e. The standard InChI is InChI=1S/C24H28FN5O5/c1-24(2,3)35-23(32)26-11-13-33-19-10-8-17(27-28-19)21(31)15-7-9-18-16(14-15)22(25)29-30(18)20-6-4-5-12-34-20/h7-10,14,20H,4-6,11-13H2,1-3H3,(H,26,32). The van der Waals surface area contributed by atoms with Crippen molar-refractivity contribution in [3.8, 4) is 5.88 Å². The molecule has 0 saturated carbocycles. The highest BCUT2D eigenvalue weighted by molar-refractivity contribution is 6.09. The van der Waals surface area contributed by atoms with Crippen LogP contribution in [0.5, 0.6) is 5.88 Å². The van der Waals surface area contributed by atoms with Gasteiger partial charge in [0.1, 0.15) is 17.9 Å². The lowest BCUT2D eigenvalue weighted by molar-refractivity contribution is -0.0375. The maximum absolute atomic E-state index is 14.6. The third-order valence-corrected chi connectivity index (χ3v) is 5.24. The molecule has 186 valence electrons. The number of halogens is 1. The Balaban J connectivity index is 1.37.